The van der Waals surface area contributed by atoms with Crippen LogP contribution in [0.2, 0.25) is 5.02 Å². The summed E-state index contributed by atoms with van der Waals surface area (Å²) in [6.45, 7) is 8.25. The number of amides is 1. The molecule has 9 heteroatoms. The van der Waals surface area contributed by atoms with Crippen molar-refractivity contribution in [1.29, 1.82) is 0 Å². The molecule has 3 aromatic rings. The van der Waals surface area contributed by atoms with Gasteiger partial charge in [-0.2, -0.15) is 0 Å². The number of nitrogens with zero attached hydrogens (tertiary/aromatic N) is 4. The van der Waals surface area contributed by atoms with Crippen LogP contribution in [0.5, 0.6) is 0 Å². The molecule has 1 amide bonds. The van der Waals surface area contributed by atoms with E-state index in [-0.39, 0.29) is 11.3 Å². The Morgan fingerprint density at radius 1 is 1.17 bits per heavy atom. The number of halogens is 1. The average Bonchev–Trinajstić information content (AvgIpc) is 3.03. The van der Waals surface area contributed by atoms with Crippen molar-refractivity contribution < 1.29 is 4.79 Å². The summed E-state index contributed by atoms with van der Waals surface area (Å²) in [6, 6.07) is 11.4. The molecule has 0 saturated heterocycles. The van der Waals surface area contributed by atoms with Crippen LogP contribution in [-0.2, 0) is 10.2 Å². The molecule has 0 radical (unpaired) electrons. The van der Waals surface area contributed by atoms with Gasteiger partial charge in [0.2, 0.25) is 11.1 Å². The highest BCUT2D eigenvalue weighted by Crippen LogP contribution is 2.28. The summed E-state index contributed by atoms with van der Waals surface area (Å²) in [7, 11) is 0. The second-order valence-corrected chi connectivity index (χ2v) is 9.36. The molecule has 0 aliphatic heterocycles. The minimum absolute atomic E-state index is 0.0671. The van der Waals surface area contributed by atoms with E-state index < -0.39 is 5.25 Å². The maximum Gasteiger partial charge on any atom is 0.238 e. The Kier molecular flexibility index (Phi) is 6.14. The highest BCUT2D eigenvalue weighted by molar-refractivity contribution is 8.00. The molecule has 0 bridgehead atoms. The van der Waals surface area contributed by atoms with Crippen LogP contribution in [0.4, 0.5) is 5.82 Å². The van der Waals surface area contributed by atoms with E-state index in [1.807, 2.05) is 12.1 Å². The predicted octanol–water partition coefficient (Wildman–Crippen LogP) is 4.12. The van der Waals surface area contributed by atoms with Crippen LogP contribution in [0.3, 0.4) is 0 Å². The van der Waals surface area contributed by atoms with Crippen molar-refractivity contribution in [3.63, 3.8) is 0 Å². The molecule has 2 aromatic heterocycles. The van der Waals surface area contributed by atoms with Gasteiger partial charge < -0.3 is 11.2 Å². The number of aromatic nitrogens is 4. The summed E-state index contributed by atoms with van der Waals surface area (Å²) in [5.41, 5.74) is 2.15. The molecule has 1 aromatic carbocycles. The largest absolute Gasteiger partial charge is 0.335 e. The molecule has 0 saturated carbocycles. The molecule has 152 valence electrons. The summed E-state index contributed by atoms with van der Waals surface area (Å²) in [5, 5.41) is 11.6. The van der Waals surface area contributed by atoms with Gasteiger partial charge in [-0.3, -0.25) is 4.79 Å². The van der Waals surface area contributed by atoms with Crippen molar-refractivity contribution in [2.24, 2.45) is 0 Å². The van der Waals surface area contributed by atoms with Gasteiger partial charge in [-0.25, -0.2) is 9.66 Å². The first-order chi connectivity index (χ1) is 13.6. The smallest absolute Gasteiger partial charge is 0.238 e. The standard InChI is InChI=1S/C20H23ClN6OS/c1-12(18(28)24-16-10-9-15(21)11-23-16)29-19-26-25-17(27(19)22)13-5-7-14(8-6-13)20(2,3)4/h5-12H,22H2,1-4H3,(H,23,24,28). The van der Waals surface area contributed by atoms with Crippen molar-refractivity contribution in [2.45, 2.75) is 43.5 Å². The number of carbonyl (C=O) groups is 1. The Labute approximate surface area is 179 Å². The van der Waals surface area contributed by atoms with Gasteiger partial charge in [0.05, 0.1) is 10.3 Å². The van der Waals surface area contributed by atoms with Crippen molar-refractivity contribution in [1.82, 2.24) is 19.9 Å². The molecule has 3 rings (SSSR count). The van der Waals surface area contributed by atoms with Crippen molar-refractivity contribution >= 4 is 35.1 Å². The molecule has 1 atom stereocenters. The third kappa shape index (κ3) is 5.07. The van der Waals surface area contributed by atoms with Crippen LogP contribution in [0.1, 0.15) is 33.3 Å². The number of pyridine rings is 1. The van der Waals surface area contributed by atoms with E-state index in [0.29, 0.717) is 21.8 Å². The quantitative estimate of drug-likeness (QED) is 0.466. The fraction of sp³-hybridized carbons (Fsp3) is 0.300. The van der Waals surface area contributed by atoms with Crippen LogP contribution in [0, 0.1) is 0 Å². The second-order valence-electron chi connectivity index (χ2n) is 7.61. The molecule has 7 nitrogen and oxygen atoms in total. The SMILES string of the molecule is CC(Sc1nnc(-c2ccc(C(C)(C)C)cc2)n1N)C(=O)Nc1ccc(Cl)cn1. The highest BCUT2D eigenvalue weighted by Gasteiger charge is 2.21. The number of hydrogen-bond donors (Lipinski definition) is 2. The number of rotatable bonds is 5. The summed E-state index contributed by atoms with van der Waals surface area (Å²) in [6.07, 6.45) is 1.47. The van der Waals surface area contributed by atoms with Gasteiger partial charge >= 0.3 is 0 Å². The van der Waals surface area contributed by atoms with Crippen molar-refractivity contribution in [2.75, 3.05) is 11.2 Å². The van der Waals surface area contributed by atoms with Crippen molar-refractivity contribution in [3.05, 3.63) is 53.2 Å². The van der Waals surface area contributed by atoms with Gasteiger partial charge in [0.1, 0.15) is 5.82 Å². The second kappa shape index (κ2) is 8.42. The summed E-state index contributed by atoms with van der Waals surface area (Å²) >= 11 is 7.03. The molecule has 0 aliphatic rings. The first-order valence-electron chi connectivity index (χ1n) is 9.05. The molecule has 29 heavy (non-hydrogen) atoms. The predicted molar refractivity (Wildman–Crippen MR) is 118 cm³/mol. The zero-order valence-electron chi connectivity index (χ0n) is 16.7. The Hall–Kier alpha value is -2.58. The van der Waals surface area contributed by atoms with Gasteiger partial charge in [0.15, 0.2) is 5.82 Å². The van der Waals surface area contributed by atoms with E-state index in [2.05, 4.69) is 53.4 Å². The molecule has 1 unspecified atom stereocenters. The van der Waals surface area contributed by atoms with Crippen LogP contribution < -0.4 is 11.2 Å². The minimum Gasteiger partial charge on any atom is -0.335 e. The van der Waals surface area contributed by atoms with Crippen LogP contribution >= 0.6 is 23.4 Å². The molecular weight excluding hydrogens is 408 g/mol. The van der Waals surface area contributed by atoms with E-state index in [0.717, 1.165) is 5.56 Å². The third-order valence-electron chi connectivity index (χ3n) is 4.30. The summed E-state index contributed by atoms with van der Waals surface area (Å²) in [5.74, 6) is 6.94. The molecule has 0 spiro atoms. The van der Waals surface area contributed by atoms with Gasteiger partial charge in [-0.1, -0.05) is 68.4 Å². The molecule has 0 aliphatic carbocycles. The van der Waals surface area contributed by atoms with Crippen molar-refractivity contribution in [3.8, 4) is 11.4 Å². The number of thioether (sulfide) groups is 1. The Balaban J connectivity index is 1.70. The topological polar surface area (TPSA) is 98.7 Å². The number of nitrogen functional groups attached to an aromatic ring is 1. The Bertz CT molecular complexity index is 995. The maximum absolute atomic E-state index is 12.4. The molecule has 2 heterocycles. The Morgan fingerprint density at radius 2 is 1.86 bits per heavy atom. The first-order valence-corrected chi connectivity index (χ1v) is 10.3. The number of hydrogen-bond acceptors (Lipinski definition) is 6. The normalized spacial score (nSPS) is 12.6. The zero-order valence-corrected chi connectivity index (χ0v) is 18.3. The van der Waals surface area contributed by atoms with Gasteiger partial charge in [0.25, 0.3) is 0 Å². The average molecular weight is 431 g/mol. The lowest BCUT2D eigenvalue weighted by Crippen LogP contribution is -2.24. The lowest BCUT2D eigenvalue weighted by atomic mass is 9.87. The van der Waals surface area contributed by atoms with Gasteiger partial charge in [0, 0.05) is 11.8 Å². The fourth-order valence-corrected chi connectivity index (χ4v) is 3.44. The zero-order chi connectivity index (χ0) is 21.2. The maximum atomic E-state index is 12.4. The van der Waals surface area contributed by atoms with Crippen LogP contribution in [-0.4, -0.2) is 31.0 Å². The van der Waals surface area contributed by atoms with E-state index in [1.165, 1.54) is 28.2 Å². The number of anilines is 1. The van der Waals surface area contributed by atoms with E-state index in [4.69, 9.17) is 17.4 Å². The summed E-state index contributed by atoms with van der Waals surface area (Å²) in [4.78, 5) is 16.5. The summed E-state index contributed by atoms with van der Waals surface area (Å²) < 4.78 is 1.40. The number of nitrogens with one attached hydrogen (secondary N) is 1. The van der Waals surface area contributed by atoms with E-state index in [9.17, 15) is 4.79 Å². The van der Waals surface area contributed by atoms with E-state index in [1.54, 1.807) is 19.1 Å². The molecule has 0 fully saturated rings. The Morgan fingerprint density at radius 3 is 2.45 bits per heavy atom. The van der Waals surface area contributed by atoms with Gasteiger partial charge in [-0.15, -0.1) is 10.2 Å². The highest BCUT2D eigenvalue weighted by atomic mass is 35.5. The lowest BCUT2D eigenvalue weighted by Gasteiger charge is -2.19. The third-order valence-corrected chi connectivity index (χ3v) is 5.58. The van der Waals surface area contributed by atoms with E-state index >= 15 is 0 Å². The van der Waals surface area contributed by atoms with Gasteiger partial charge in [-0.05, 0) is 30.0 Å². The lowest BCUT2D eigenvalue weighted by molar-refractivity contribution is -0.115. The molecule has 3 N–H and O–H groups in total. The minimum atomic E-state index is -0.449. The fourth-order valence-electron chi connectivity index (χ4n) is 2.56. The molecular formula is C20H23ClN6OS. The number of benzene rings is 1. The number of carbonyl (C=O) groups excluding carboxylic acids is 1. The first kappa shape index (κ1) is 21.1. The number of nitrogens with two attached hydrogens (primary N) is 1. The monoisotopic (exact) mass is 430 g/mol. The van der Waals surface area contributed by atoms with Crippen LogP contribution in [0.25, 0.3) is 11.4 Å². The van der Waals surface area contributed by atoms with Crippen LogP contribution in [0.15, 0.2) is 47.8 Å².